The van der Waals surface area contributed by atoms with Gasteiger partial charge in [0.25, 0.3) is 0 Å². The van der Waals surface area contributed by atoms with Crippen molar-refractivity contribution < 1.29 is 0 Å². The average Bonchev–Trinajstić information content (AvgIpc) is 3.75. The molecule has 0 aliphatic heterocycles. The molecule has 2 heterocycles. The fourth-order valence-electron chi connectivity index (χ4n) is 10.4. The summed E-state index contributed by atoms with van der Waals surface area (Å²) in [6.45, 7) is 0. The topological polar surface area (TPSA) is 30.7 Å². The lowest BCUT2D eigenvalue weighted by Gasteiger charge is -2.19. The highest BCUT2D eigenvalue weighted by Crippen LogP contribution is 2.47. The first-order valence-electron chi connectivity index (χ1n) is 22.9. The maximum absolute atomic E-state index is 5.36. The molecule has 0 bridgehead atoms. The molecule has 13 rings (SSSR count). The van der Waals surface area contributed by atoms with Gasteiger partial charge in [0.05, 0.1) is 22.4 Å². The molecule has 11 aromatic carbocycles. The Bertz CT molecular complexity index is 4000. The van der Waals surface area contributed by atoms with E-state index in [-0.39, 0.29) is 0 Å². The highest BCUT2D eigenvalue weighted by Gasteiger charge is 2.22. The molecule has 0 atom stereocenters. The van der Waals surface area contributed by atoms with Crippen LogP contribution in [0.4, 0.5) is 0 Å². The second-order valence-electron chi connectivity index (χ2n) is 17.2. The van der Waals surface area contributed by atoms with Crippen molar-refractivity contribution in [1.29, 1.82) is 0 Å². The lowest BCUT2D eigenvalue weighted by molar-refractivity contribution is 1.18. The Balaban J connectivity index is 0.999. The van der Waals surface area contributed by atoms with Crippen molar-refractivity contribution in [3.8, 4) is 73.0 Å². The van der Waals surface area contributed by atoms with E-state index in [4.69, 9.17) is 9.97 Å². The summed E-state index contributed by atoms with van der Waals surface area (Å²) in [6.07, 6.45) is 0. The predicted molar refractivity (Wildman–Crippen MR) is 282 cm³/mol. The van der Waals surface area contributed by atoms with Crippen LogP contribution in [0.1, 0.15) is 0 Å². The van der Waals surface area contributed by atoms with Crippen LogP contribution in [0.15, 0.2) is 249 Å². The molecule has 0 unspecified atom stereocenters. The minimum atomic E-state index is 0.684. The molecule has 3 nitrogen and oxygen atoms in total. The normalized spacial score (nSPS) is 11.6. The zero-order valence-electron chi connectivity index (χ0n) is 36.5. The number of rotatable bonds is 7. The van der Waals surface area contributed by atoms with E-state index in [1.807, 2.05) is 6.07 Å². The molecule has 3 heteroatoms. The van der Waals surface area contributed by atoms with Gasteiger partial charge in [-0.05, 0) is 84.4 Å². The summed E-state index contributed by atoms with van der Waals surface area (Å²) in [5.74, 6) is 0.684. The lowest BCUT2D eigenvalue weighted by Crippen LogP contribution is -1.98. The molecule has 312 valence electrons. The Hall–Kier alpha value is -8.92. The zero-order chi connectivity index (χ0) is 44.3. The van der Waals surface area contributed by atoms with Crippen molar-refractivity contribution >= 4 is 54.1 Å². The smallest absolute Gasteiger partial charge is 0.160 e. The molecule has 0 amide bonds. The van der Waals surface area contributed by atoms with Gasteiger partial charge in [-0.25, -0.2) is 9.97 Å². The molecule has 67 heavy (non-hydrogen) atoms. The molecule has 0 saturated heterocycles. The minimum absolute atomic E-state index is 0.684. The van der Waals surface area contributed by atoms with Gasteiger partial charge in [0.15, 0.2) is 5.82 Å². The zero-order valence-corrected chi connectivity index (χ0v) is 36.5. The van der Waals surface area contributed by atoms with Crippen molar-refractivity contribution in [2.24, 2.45) is 0 Å². The van der Waals surface area contributed by atoms with Gasteiger partial charge < -0.3 is 4.57 Å². The molecule has 0 aliphatic rings. The Morgan fingerprint density at radius 1 is 0.299 bits per heavy atom. The summed E-state index contributed by atoms with van der Waals surface area (Å²) in [6, 6.07) is 89.3. The van der Waals surface area contributed by atoms with Gasteiger partial charge in [-0.2, -0.15) is 0 Å². The number of nitrogens with zero attached hydrogens (tertiary/aromatic N) is 3. The Labute approximate surface area is 388 Å². The summed E-state index contributed by atoms with van der Waals surface area (Å²) >= 11 is 0. The third-order valence-electron chi connectivity index (χ3n) is 13.4. The monoisotopic (exact) mass is 851 g/mol. The quantitative estimate of drug-likeness (QED) is 0.118. The summed E-state index contributed by atoms with van der Waals surface area (Å²) in [5.41, 5.74) is 15.3. The number of hydrogen-bond acceptors (Lipinski definition) is 2. The fourth-order valence-corrected chi connectivity index (χ4v) is 10.4. The molecular formula is C64H41N3. The van der Waals surface area contributed by atoms with Gasteiger partial charge in [0.2, 0.25) is 0 Å². The van der Waals surface area contributed by atoms with E-state index in [0.717, 1.165) is 50.5 Å². The first-order chi connectivity index (χ1) is 33.3. The van der Waals surface area contributed by atoms with Crippen molar-refractivity contribution in [1.82, 2.24) is 14.5 Å². The maximum atomic E-state index is 5.36. The first kappa shape index (κ1) is 38.5. The molecule has 0 N–H and O–H groups in total. The van der Waals surface area contributed by atoms with Crippen LogP contribution in [-0.4, -0.2) is 14.5 Å². The van der Waals surface area contributed by atoms with E-state index in [1.165, 1.54) is 70.8 Å². The van der Waals surface area contributed by atoms with E-state index in [2.05, 4.69) is 247 Å². The second-order valence-corrected chi connectivity index (χ2v) is 17.2. The molecule has 2 aromatic heterocycles. The summed E-state index contributed by atoms with van der Waals surface area (Å²) < 4.78 is 2.41. The van der Waals surface area contributed by atoms with Crippen LogP contribution in [0.5, 0.6) is 0 Å². The summed E-state index contributed by atoms with van der Waals surface area (Å²) in [7, 11) is 0. The average molecular weight is 852 g/mol. The standard InChI is InChI=1S/C64H41N3/c1-4-20-44(21-5-1)61-53-31-15-14-30-52(53)60(56-40-39-42-19-10-11-26-48(42)62(56)61)45-37-35-43(36-38-45)57-41-58(66-64(65-57)46-22-6-2-7-23-46)50-28-13-12-27-49(50)54-32-18-33-55-51-29-16-17-34-59(51)67(63(54)55)47-24-8-3-9-25-47/h1-41H. The molecule has 0 spiro atoms. The van der Waals surface area contributed by atoms with Crippen molar-refractivity contribution in [3.63, 3.8) is 0 Å². The molecule has 0 aliphatic carbocycles. The highest BCUT2D eigenvalue weighted by molar-refractivity contribution is 6.28. The van der Waals surface area contributed by atoms with Gasteiger partial charge in [0, 0.05) is 38.7 Å². The fraction of sp³-hybridized carbons (Fsp3) is 0. The minimum Gasteiger partial charge on any atom is -0.309 e. The van der Waals surface area contributed by atoms with Crippen LogP contribution in [0.3, 0.4) is 0 Å². The van der Waals surface area contributed by atoms with Gasteiger partial charge in [-0.1, -0.05) is 224 Å². The van der Waals surface area contributed by atoms with Gasteiger partial charge >= 0.3 is 0 Å². The molecule has 0 fully saturated rings. The lowest BCUT2D eigenvalue weighted by atomic mass is 9.84. The van der Waals surface area contributed by atoms with Crippen LogP contribution in [0.2, 0.25) is 0 Å². The number of benzene rings is 11. The van der Waals surface area contributed by atoms with Gasteiger partial charge in [-0.15, -0.1) is 0 Å². The van der Waals surface area contributed by atoms with E-state index in [0.29, 0.717) is 5.82 Å². The van der Waals surface area contributed by atoms with Crippen LogP contribution in [0, 0.1) is 0 Å². The molecule has 0 saturated carbocycles. The van der Waals surface area contributed by atoms with Crippen LogP contribution in [0.25, 0.3) is 127 Å². The van der Waals surface area contributed by atoms with Crippen LogP contribution in [-0.2, 0) is 0 Å². The summed E-state index contributed by atoms with van der Waals surface area (Å²) in [5, 5.41) is 9.89. The van der Waals surface area contributed by atoms with Crippen molar-refractivity contribution in [3.05, 3.63) is 249 Å². The number of fused-ring (bicyclic) bond motifs is 7. The van der Waals surface area contributed by atoms with E-state index >= 15 is 0 Å². The molecule has 0 radical (unpaired) electrons. The van der Waals surface area contributed by atoms with Gasteiger partial charge in [-0.3, -0.25) is 0 Å². The second kappa shape index (κ2) is 16.0. The largest absolute Gasteiger partial charge is 0.309 e. The Morgan fingerprint density at radius 2 is 0.836 bits per heavy atom. The first-order valence-corrected chi connectivity index (χ1v) is 22.9. The SMILES string of the molecule is c1ccc(-c2nc(-c3ccc(-c4c5ccccc5c(-c5ccccc5)c5c4ccc4ccccc45)cc3)cc(-c3ccccc3-c3cccc4c5ccccc5n(-c5ccccc5)c34)n2)cc1. The molecular weight excluding hydrogens is 811 g/mol. The highest BCUT2D eigenvalue weighted by atomic mass is 15.0. The van der Waals surface area contributed by atoms with Crippen LogP contribution >= 0.6 is 0 Å². The Morgan fingerprint density at radius 3 is 1.60 bits per heavy atom. The third kappa shape index (κ3) is 6.43. The van der Waals surface area contributed by atoms with Crippen molar-refractivity contribution in [2.75, 3.05) is 0 Å². The van der Waals surface area contributed by atoms with Crippen molar-refractivity contribution in [2.45, 2.75) is 0 Å². The maximum Gasteiger partial charge on any atom is 0.160 e. The van der Waals surface area contributed by atoms with E-state index in [1.54, 1.807) is 0 Å². The number of para-hydroxylation sites is 3. The van der Waals surface area contributed by atoms with E-state index < -0.39 is 0 Å². The number of aromatic nitrogens is 3. The molecule has 13 aromatic rings. The summed E-state index contributed by atoms with van der Waals surface area (Å²) in [4.78, 5) is 10.7. The van der Waals surface area contributed by atoms with Crippen LogP contribution < -0.4 is 0 Å². The predicted octanol–water partition coefficient (Wildman–Crippen LogP) is 17.0. The Kier molecular flexibility index (Phi) is 9.17. The third-order valence-corrected chi connectivity index (χ3v) is 13.4. The van der Waals surface area contributed by atoms with Gasteiger partial charge in [0.1, 0.15) is 0 Å². The van der Waals surface area contributed by atoms with E-state index in [9.17, 15) is 0 Å². The number of hydrogen-bond donors (Lipinski definition) is 0.